The molecule has 2 N–H and O–H groups in total. The van der Waals surface area contributed by atoms with Gasteiger partial charge in [-0.3, -0.25) is 14.4 Å². The van der Waals surface area contributed by atoms with Crippen LogP contribution in [0.2, 0.25) is 0 Å². The van der Waals surface area contributed by atoms with E-state index in [2.05, 4.69) is 10.6 Å². The van der Waals surface area contributed by atoms with Crippen molar-refractivity contribution in [2.45, 2.75) is 20.0 Å². The lowest BCUT2D eigenvalue weighted by molar-refractivity contribution is -0.152. The van der Waals surface area contributed by atoms with E-state index in [0.29, 0.717) is 29.4 Å². The Morgan fingerprint density at radius 2 is 1.66 bits per heavy atom. The zero-order valence-electron chi connectivity index (χ0n) is 16.6. The monoisotopic (exact) mass is 400 g/mol. The van der Waals surface area contributed by atoms with E-state index in [1.54, 1.807) is 48.5 Å². The van der Waals surface area contributed by atoms with Crippen LogP contribution in [0.25, 0.3) is 0 Å². The fourth-order valence-electron chi connectivity index (χ4n) is 2.46. The van der Waals surface area contributed by atoms with Crippen molar-refractivity contribution in [2.75, 3.05) is 25.6 Å². The van der Waals surface area contributed by atoms with Gasteiger partial charge in [-0.1, -0.05) is 24.3 Å². The molecule has 0 bridgehead atoms. The maximum Gasteiger partial charge on any atom is 0.326 e. The van der Waals surface area contributed by atoms with Gasteiger partial charge < -0.3 is 24.8 Å². The van der Waals surface area contributed by atoms with Crippen LogP contribution in [0.1, 0.15) is 24.2 Å². The second kappa shape index (κ2) is 10.7. The van der Waals surface area contributed by atoms with Gasteiger partial charge in [-0.15, -0.1) is 0 Å². The summed E-state index contributed by atoms with van der Waals surface area (Å²) in [5.74, 6) is -0.831. The zero-order valence-corrected chi connectivity index (χ0v) is 16.6. The summed E-state index contributed by atoms with van der Waals surface area (Å²) in [6.07, 6.45) is -1.06. The Morgan fingerprint density at radius 3 is 2.34 bits per heavy atom. The minimum atomic E-state index is -1.06. The van der Waals surface area contributed by atoms with Crippen molar-refractivity contribution in [1.82, 2.24) is 5.32 Å². The van der Waals surface area contributed by atoms with E-state index in [1.807, 2.05) is 6.92 Å². The number of hydrogen-bond acceptors (Lipinski definition) is 6. The van der Waals surface area contributed by atoms with E-state index < -0.39 is 23.9 Å². The van der Waals surface area contributed by atoms with Gasteiger partial charge in [-0.2, -0.15) is 0 Å². The van der Waals surface area contributed by atoms with Gasteiger partial charge in [-0.25, -0.2) is 0 Å². The first-order valence-electron chi connectivity index (χ1n) is 9.09. The van der Waals surface area contributed by atoms with Crippen molar-refractivity contribution in [3.05, 3.63) is 54.1 Å². The third-order valence-corrected chi connectivity index (χ3v) is 3.87. The minimum absolute atomic E-state index is 0.293. The lowest BCUT2D eigenvalue weighted by Crippen LogP contribution is -2.36. The molecule has 0 saturated heterocycles. The lowest BCUT2D eigenvalue weighted by atomic mass is 10.2. The third kappa shape index (κ3) is 6.24. The standard InChI is InChI=1S/C21H24N2O6/c1-4-28-18-12-8-6-10-16(18)23-20(25)14(2)29-19(24)13-22-21(26)15-9-5-7-11-17(15)27-3/h5-12,14H,4,13H2,1-3H3,(H,22,26)(H,23,25). The van der Waals surface area contributed by atoms with Crippen LogP contribution in [0, 0.1) is 0 Å². The molecule has 2 amide bonds. The first-order valence-corrected chi connectivity index (χ1v) is 9.09. The van der Waals surface area contributed by atoms with Crippen molar-refractivity contribution >= 4 is 23.5 Å². The molecule has 2 rings (SSSR count). The summed E-state index contributed by atoms with van der Waals surface area (Å²) in [5, 5.41) is 5.11. The van der Waals surface area contributed by atoms with Crippen LogP contribution in [-0.2, 0) is 14.3 Å². The number of esters is 1. The van der Waals surface area contributed by atoms with Crippen molar-refractivity contribution in [3.8, 4) is 11.5 Å². The predicted molar refractivity (Wildman–Crippen MR) is 107 cm³/mol. The van der Waals surface area contributed by atoms with E-state index in [-0.39, 0.29) is 6.54 Å². The summed E-state index contributed by atoms with van der Waals surface area (Å²) >= 11 is 0. The summed E-state index contributed by atoms with van der Waals surface area (Å²) in [6.45, 7) is 3.34. The molecule has 2 aromatic rings. The molecule has 0 aromatic heterocycles. The smallest absolute Gasteiger partial charge is 0.326 e. The Balaban J connectivity index is 1.87. The highest BCUT2D eigenvalue weighted by molar-refractivity contribution is 5.99. The number of carbonyl (C=O) groups is 3. The van der Waals surface area contributed by atoms with E-state index in [4.69, 9.17) is 14.2 Å². The quantitative estimate of drug-likeness (QED) is 0.627. The molecule has 0 radical (unpaired) electrons. The van der Waals surface area contributed by atoms with Gasteiger partial charge in [-0.05, 0) is 38.1 Å². The molecule has 0 spiro atoms. The van der Waals surface area contributed by atoms with Crippen LogP contribution in [0.3, 0.4) is 0 Å². The molecule has 2 aromatic carbocycles. The maximum absolute atomic E-state index is 12.3. The van der Waals surface area contributed by atoms with Crippen molar-refractivity contribution < 1.29 is 28.6 Å². The van der Waals surface area contributed by atoms with Crippen LogP contribution in [0.4, 0.5) is 5.69 Å². The van der Waals surface area contributed by atoms with Crippen molar-refractivity contribution in [1.29, 1.82) is 0 Å². The summed E-state index contributed by atoms with van der Waals surface area (Å²) in [4.78, 5) is 36.5. The van der Waals surface area contributed by atoms with E-state index in [0.717, 1.165) is 0 Å². The van der Waals surface area contributed by atoms with Gasteiger partial charge in [0.05, 0.1) is 25.0 Å². The van der Waals surface area contributed by atoms with Gasteiger partial charge in [0.1, 0.15) is 18.0 Å². The number of methoxy groups -OCH3 is 1. The highest BCUT2D eigenvalue weighted by Crippen LogP contribution is 2.24. The number of amides is 2. The van der Waals surface area contributed by atoms with E-state index in [1.165, 1.54) is 14.0 Å². The Labute approximate surface area is 169 Å². The number of carbonyl (C=O) groups excluding carboxylic acids is 3. The fraction of sp³-hybridized carbons (Fsp3) is 0.286. The van der Waals surface area contributed by atoms with Gasteiger partial charge >= 0.3 is 5.97 Å². The van der Waals surface area contributed by atoms with Crippen LogP contribution in [-0.4, -0.2) is 44.1 Å². The highest BCUT2D eigenvalue weighted by Gasteiger charge is 2.20. The highest BCUT2D eigenvalue weighted by atomic mass is 16.5. The third-order valence-electron chi connectivity index (χ3n) is 3.87. The minimum Gasteiger partial charge on any atom is -0.496 e. The average molecular weight is 400 g/mol. The second-order valence-corrected chi connectivity index (χ2v) is 5.93. The molecule has 8 nitrogen and oxygen atoms in total. The van der Waals surface area contributed by atoms with Gasteiger partial charge in [0, 0.05) is 0 Å². The van der Waals surface area contributed by atoms with Crippen molar-refractivity contribution in [2.24, 2.45) is 0 Å². The second-order valence-electron chi connectivity index (χ2n) is 5.93. The molecular weight excluding hydrogens is 376 g/mol. The van der Waals surface area contributed by atoms with Crippen LogP contribution >= 0.6 is 0 Å². The average Bonchev–Trinajstić information content (AvgIpc) is 2.73. The number of hydrogen-bond donors (Lipinski definition) is 2. The number of para-hydroxylation sites is 3. The number of ether oxygens (including phenoxy) is 3. The molecule has 1 atom stereocenters. The fourth-order valence-corrected chi connectivity index (χ4v) is 2.46. The molecule has 0 fully saturated rings. The molecule has 29 heavy (non-hydrogen) atoms. The zero-order chi connectivity index (χ0) is 21.2. The molecule has 0 aliphatic rings. The number of rotatable bonds is 9. The Bertz CT molecular complexity index is 868. The van der Waals surface area contributed by atoms with Crippen LogP contribution in [0.5, 0.6) is 11.5 Å². The summed E-state index contributed by atoms with van der Waals surface area (Å²) < 4.78 is 15.6. The van der Waals surface area contributed by atoms with Gasteiger partial charge in [0.15, 0.2) is 6.10 Å². The van der Waals surface area contributed by atoms with Gasteiger partial charge in [0.2, 0.25) is 0 Å². The number of nitrogens with one attached hydrogen (secondary N) is 2. The molecule has 1 unspecified atom stereocenters. The Morgan fingerprint density at radius 1 is 1.00 bits per heavy atom. The first kappa shape index (κ1) is 21.7. The van der Waals surface area contributed by atoms with Crippen molar-refractivity contribution in [3.63, 3.8) is 0 Å². The summed E-state index contributed by atoms with van der Waals surface area (Å²) in [5.41, 5.74) is 0.771. The molecule has 0 aliphatic heterocycles. The molecule has 154 valence electrons. The normalized spacial score (nSPS) is 11.1. The number of benzene rings is 2. The van der Waals surface area contributed by atoms with Crippen LogP contribution < -0.4 is 20.1 Å². The van der Waals surface area contributed by atoms with Crippen LogP contribution in [0.15, 0.2) is 48.5 Å². The summed E-state index contributed by atoms with van der Waals surface area (Å²) in [6, 6.07) is 13.6. The lowest BCUT2D eigenvalue weighted by Gasteiger charge is -2.16. The molecule has 8 heteroatoms. The molecule has 0 heterocycles. The van der Waals surface area contributed by atoms with E-state index >= 15 is 0 Å². The largest absolute Gasteiger partial charge is 0.496 e. The van der Waals surface area contributed by atoms with Gasteiger partial charge in [0.25, 0.3) is 11.8 Å². The molecule has 0 aliphatic carbocycles. The van der Waals surface area contributed by atoms with E-state index in [9.17, 15) is 14.4 Å². The SMILES string of the molecule is CCOc1ccccc1NC(=O)C(C)OC(=O)CNC(=O)c1ccccc1OC. The molecular formula is C21H24N2O6. The predicted octanol–water partition coefficient (Wildman–Crippen LogP) is 2.39. The maximum atomic E-state index is 12.3. The number of anilines is 1. The Hall–Kier alpha value is -3.55. The Kier molecular flexibility index (Phi) is 8.02. The molecule has 0 saturated carbocycles. The summed E-state index contributed by atoms with van der Waals surface area (Å²) in [7, 11) is 1.45. The topological polar surface area (TPSA) is 103 Å². The first-order chi connectivity index (χ1) is 14.0.